The number of hydrogen-bond acceptors (Lipinski definition) is 9. The Morgan fingerprint density at radius 3 is 1.73 bits per heavy atom. The average molecular weight is 761 g/mol. The Labute approximate surface area is 326 Å². The lowest BCUT2D eigenvalue weighted by atomic mass is 9.91. The average Bonchev–Trinajstić information content (AvgIpc) is 3.20. The van der Waals surface area contributed by atoms with E-state index in [1.165, 1.54) is 6.20 Å². The second-order valence-corrected chi connectivity index (χ2v) is 14.0. The van der Waals surface area contributed by atoms with Gasteiger partial charge in [-0.1, -0.05) is 50.2 Å². The molecule has 14 nitrogen and oxygen atoms in total. The maximum atomic E-state index is 12.7. The van der Waals surface area contributed by atoms with Crippen LogP contribution in [0.5, 0.6) is 0 Å². The van der Waals surface area contributed by atoms with Gasteiger partial charge in [-0.05, 0) is 86.3 Å². The van der Waals surface area contributed by atoms with Crippen LogP contribution in [0.3, 0.4) is 0 Å². The molecule has 56 heavy (non-hydrogen) atoms. The number of alkyl carbamates (subject to hydrolysis) is 1. The van der Waals surface area contributed by atoms with Crippen molar-refractivity contribution in [2.24, 2.45) is 0 Å². The summed E-state index contributed by atoms with van der Waals surface area (Å²) in [5.41, 5.74) is 5.67. The van der Waals surface area contributed by atoms with Crippen LogP contribution in [0, 0.1) is 0 Å². The van der Waals surface area contributed by atoms with E-state index in [0.29, 0.717) is 36.5 Å². The summed E-state index contributed by atoms with van der Waals surface area (Å²) in [5.74, 6) is -0.261. The fourth-order valence-electron chi connectivity index (χ4n) is 7.32. The second-order valence-electron chi connectivity index (χ2n) is 14.0. The number of rotatable bonds is 12. The van der Waals surface area contributed by atoms with Gasteiger partial charge in [-0.25, -0.2) is 9.78 Å². The lowest BCUT2D eigenvalue weighted by Crippen LogP contribution is -2.44. The highest BCUT2D eigenvalue weighted by molar-refractivity contribution is 5.97. The van der Waals surface area contributed by atoms with E-state index in [1.807, 2.05) is 91.2 Å². The summed E-state index contributed by atoms with van der Waals surface area (Å²) < 4.78 is 5.00. The van der Waals surface area contributed by atoms with Crippen molar-refractivity contribution >= 4 is 64.0 Å². The van der Waals surface area contributed by atoms with Gasteiger partial charge in [0.15, 0.2) is 6.61 Å². The standard InChI is InChI=1S/C42H48N8O6/c1-5-40(53)49-26(3)21-33(31-11-7-9-13-35(31)49)45-28-15-17-29(18-16-28)46-39(52)25-56-42(55)44-24-38(51)47-30-19-20-37(43-23-30)48-34-22-27(4)50(41(54)6-2)36-14-10-8-12-32(34)36/h7-20,23,26-27,33-34,45H,5-6,21-22,24-25H2,1-4H3,(H,43,48)(H,44,55)(H,46,52)(H,47,51)/t26-,27-,33+,34+/m0/s1. The van der Waals surface area contributed by atoms with Gasteiger partial charge in [0.05, 0.1) is 24.0 Å². The number of carbonyl (C=O) groups is 5. The van der Waals surface area contributed by atoms with Crippen molar-refractivity contribution in [3.05, 3.63) is 102 Å². The minimum Gasteiger partial charge on any atom is -0.439 e. The highest BCUT2D eigenvalue weighted by Gasteiger charge is 2.34. The molecule has 6 rings (SSSR count). The van der Waals surface area contributed by atoms with Gasteiger partial charge in [0, 0.05) is 47.7 Å². The van der Waals surface area contributed by atoms with Crippen molar-refractivity contribution in [3.63, 3.8) is 0 Å². The van der Waals surface area contributed by atoms with Crippen LogP contribution in [-0.2, 0) is 23.9 Å². The Balaban J connectivity index is 0.917. The molecule has 3 aromatic carbocycles. The molecule has 0 saturated carbocycles. The normalized spacial score (nSPS) is 18.4. The minimum atomic E-state index is -0.921. The molecule has 0 saturated heterocycles. The monoisotopic (exact) mass is 760 g/mol. The number of ether oxygens (including phenoxy) is 1. The zero-order valence-electron chi connectivity index (χ0n) is 32.0. The van der Waals surface area contributed by atoms with Crippen molar-refractivity contribution in [1.82, 2.24) is 10.3 Å². The van der Waals surface area contributed by atoms with Crippen LogP contribution in [0.2, 0.25) is 0 Å². The third kappa shape index (κ3) is 9.25. The summed E-state index contributed by atoms with van der Waals surface area (Å²) in [4.78, 5) is 70.7. The van der Waals surface area contributed by atoms with Crippen molar-refractivity contribution in [2.45, 2.75) is 77.5 Å². The number of pyridine rings is 1. The van der Waals surface area contributed by atoms with E-state index in [1.54, 1.807) is 24.3 Å². The summed E-state index contributed by atoms with van der Waals surface area (Å²) in [6.45, 7) is 6.89. The molecular formula is C42H48N8O6. The number of hydrogen-bond donors (Lipinski definition) is 5. The van der Waals surface area contributed by atoms with Crippen molar-refractivity contribution in [3.8, 4) is 0 Å². The van der Waals surface area contributed by atoms with Crippen molar-refractivity contribution < 1.29 is 28.7 Å². The first-order valence-corrected chi connectivity index (χ1v) is 19.0. The van der Waals surface area contributed by atoms with E-state index in [2.05, 4.69) is 38.5 Å². The molecule has 3 heterocycles. The number of aromatic nitrogens is 1. The fourth-order valence-corrected chi connectivity index (χ4v) is 7.32. The van der Waals surface area contributed by atoms with E-state index in [9.17, 15) is 24.0 Å². The molecule has 0 spiro atoms. The van der Waals surface area contributed by atoms with E-state index in [-0.39, 0.29) is 42.5 Å². The van der Waals surface area contributed by atoms with E-state index in [0.717, 1.165) is 34.6 Å². The topological polar surface area (TPSA) is 174 Å². The highest BCUT2D eigenvalue weighted by atomic mass is 16.6. The summed E-state index contributed by atoms with van der Waals surface area (Å²) in [5, 5.41) is 14.7. The number of anilines is 6. The third-order valence-corrected chi connectivity index (χ3v) is 9.93. The number of amides is 5. The molecule has 0 fully saturated rings. The van der Waals surface area contributed by atoms with Gasteiger partial charge in [-0.3, -0.25) is 19.2 Å². The molecule has 5 amide bonds. The maximum Gasteiger partial charge on any atom is 0.408 e. The molecule has 2 aliphatic rings. The third-order valence-electron chi connectivity index (χ3n) is 9.93. The number of nitrogens with one attached hydrogen (secondary N) is 5. The summed E-state index contributed by atoms with van der Waals surface area (Å²) in [6, 6.07) is 26.4. The molecular weight excluding hydrogens is 713 g/mol. The van der Waals surface area contributed by atoms with Crippen LogP contribution in [-0.4, -0.2) is 59.9 Å². The molecule has 4 aromatic rings. The second kappa shape index (κ2) is 17.8. The summed E-state index contributed by atoms with van der Waals surface area (Å²) in [7, 11) is 0. The summed E-state index contributed by atoms with van der Waals surface area (Å²) >= 11 is 0. The largest absolute Gasteiger partial charge is 0.439 e. The molecule has 0 unspecified atom stereocenters. The molecule has 0 bridgehead atoms. The van der Waals surface area contributed by atoms with Gasteiger partial charge >= 0.3 is 6.09 Å². The van der Waals surface area contributed by atoms with Gasteiger partial charge in [0.1, 0.15) is 12.4 Å². The first-order valence-electron chi connectivity index (χ1n) is 19.0. The van der Waals surface area contributed by atoms with Gasteiger partial charge in [0.25, 0.3) is 5.91 Å². The van der Waals surface area contributed by atoms with Crippen LogP contribution < -0.4 is 36.4 Å². The molecule has 292 valence electrons. The van der Waals surface area contributed by atoms with E-state index < -0.39 is 24.5 Å². The van der Waals surface area contributed by atoms with Crippen LogP contribution in [0.4, 0.5) is 39.0 Å². The van der Waals surface area contributed by atoms with Crippen LogP contribution in [0.15, 0.2) is 91.1 Å². The molecule has 1 aromatic heterocycles. The Morgan fingerprint density at radius 2 is 1.18 bits per heavy atom. The fraction of sp³-hybridized carbons (Fsp3) is 0.333. The lowest BCUT2D eigenvalue weighted by molar-refractivity contribution is -0.119. The lowest BCUT2D eigenvalue weighted by Gasteiger charge is -2.40. The predicted molar refractivity (Wildman–Crippen MR) is 217 cm³/mol. The predicted octanol–water partition coefficient (Wildman–Crippen LogP) is 6.76. The quantitative estimate of drug-likeness (QED) is 0.105. The first kappa shape index (κ1) is 39.3. The van der Waals surface area contributed by atoms with E-state index >= 15 is 0 Å². The molecule has 0 radical (unpaired) electrons. The van der Waals surface area contributed by atoms with Gasteiger partial charge < -0.3 is 41.1 Å². The Morgan fingerprint density at radius 1 is 0.661 bits per heavy atom. The maximum absolute atomic E-state index is 12.7. The highest BCUT2D eigenvalue weighted by Crippen LogP contribution is 2.40. The smallest absolute Gasteiger partial charge is 0.408 e. The van der Waals surface area contributed by atoms with Gasteiger partial charge in [-0.15, -0.1) is 0 Å². The number of benzene rings is 3. The Kier molecular flexibility index (Phi) is 12.5. The Bertz CT molecular complexity index is 1910. The molecule has 5 N–H and O–H groups in total. The van der Waals surface area contributed by atoms with Crippen molar-refractivity contribution in [2.75, 3.05) is 44.2 Å². The number of carbonyl (C=O) groups excluding carboxylic acids is 5. The zero-order chi connectivity index (χ0) is 39.8. The van der Waals surface area contributed by atoms with Gasteiger partial charge in [-0.2, -0.15) is 0 Å². The summed E-state index contributed by atoms with van der Waals surface area (Å²) in [6.07, 6.45) is 2.90. The minimum absolute atomic E-state index is 0.00134. The van der Waals surface area contributed by atoms with Crippen molar-refractivity contribution in [1.29, 1.82) is 0 Å². The zero-order valence-corrected chi connectivity index (χ0v) is 32.0. The van der Waals surface area contributed by atoms with Crippen LogP contribution in [0.1, 0.15) is 76.6 Å². The number of fused-ring (bicyclic) bond motifs is 2. The number of para-hydroxylation sites is 2. The Hall–Kier alpha value is -6.44. The molecule has 14 heteroatoms. The van der Waals surface area contributed by atoms with Crippen LogP contribution in [0.25, 0.3) is 0 Å². The van der Waals surface area contributed by atoms with Crippen LogP contribution >= 0.6 is 0 Å². The SMILES string of the molecule is CCC(=O)N1c2ccccc2[C@H](Nc2ccc(NC(=O)COC(=O)NCC(=O)Nc3ccc(N[C@@H]4C[C@H](C)N(C(=O)CC)c5ccccc54)nc3)cc2)C[C@@H]1C. The molecule has 2 aliphatic heterocycles. The van der Waals surface area contributed by atoms with Gasteiger partial charge in [0.2, 0.25) is 17.7 Å². The molecule has 0 aliphatic carbocycles. The molecule has 4 atom stereocenters. The first-order chi connectivity index (χ1) is 27.0. The van der Waals surface area contributed by atoms with E-state index in [4.69, 9.17) is 4.74 Å². The number of nitrogens with zero attached hydrogens (tertiary/aromatic N) is 3.